The molecule has 2 fully saturated rings. The van der Waals surface area contributed by atoms with Crippen molar-refractivity contribution in [1.82, 2.24) is 30.0 Å². The van der Waals surface area contributed by atoms with E-state index >= 15 is 0 Å². The molecular formula is C19H23N7O2. The number of anilines is 1. The number of nitrogens with zero attached hydrogens (tertiary/aromatic N) is 6. The number of hydrogen-bond donors (Lipinski definition) is 1. The van der Waals surface area contributed by atoms with Crippen molar-refractivity contribution in [1.29, 1.82) is 0 Å². The normalized spacial score (nSPS) is 20.7. The molecule has 1 unspecified atom stereocenters. The predicted molar refractivity (Wildman–Crippen MR) is 102 cm³/mol. The van der Waals surface area contributed by atoms with Crippen molar-refractivity contribution >= 4 is 5.82 Å². The third-order valence-corrected chi connectivity index (χ3v) is 5.34. The van der Waals surface area contributed by atoms with Crippen LogP contribution in [0.1, 0.15) is 30.6 Å². The van der Waals surface area contributed by atoms with Gasteiger partial charge in [-0.05, 0) is 31.5 Å². The molecule has 0 aromatic carbocycles. The highest BCUT2D eigenvalue weighted by atomic mass is 16.5. The van der Waals surface area contributed by atoms with E-state index < -0.39 is 0 Å². The van der Waals surface area contributed by atoms with Crippen molar-refractivity contribution in [2.45, 2.75) is 25.4 Å². The minimum absolute atomic E-state index is 0.131. The van der Waals surface area contributed by atoms with Crippen LogP contribution in [0.15, 0.2) is 35.2 Å². The van der Waals surface area contributed by atoms with Crippen molar-refractivity contribution in [3.05, 3.63) is 42.4 Å². The molecule has 1 N–H and O–H groups in total. The topological polar surface area (TPSA) is 96.2 Å². The minimum Gasteiger partial charge on any atom is -0.378 e. The molecule has 0 spiro atoms. The van der Waals surface area contributed by atoms with Gasteiger partial charge >= 0.3 is 0 Å². The van der Waals surface area contributed by atoms with Crippen LogP contribution in [0, 0.1) is 0 Å². The molecule has 9 nitrogen and oxygen atoms in total. The van der Waals surface area contributed by atoms with E-state index in [1.807, 2.05) is 18.3 Å². The number of morpholine rings is 1. The molecule has 0 bridgehead atoms. The van der Waals surface area contributed by atoms with E-state index in [9.17, 15) is 0 Å². The van der Waals surface area contributed by atoms with Crippen molar-refractivity contribution in [2.24, 2.45) is 0 Å². The number of rotatable bonds is 5. The van der Waals surface area contributed by atoms with Gasteiger partial charge < -0.3 is 19.1 Å². The predicted octanol–water partition coefficient (Wildman–Crippen LogP) is 2.03. The van der Waals surface area contributed by atoms with Gasteiger partial charge in [-0.1, -0.05) is 5.16 Å². The number of ether oxygens (including phenoxy) is 1. The van der Waals surface area contributed by atoms with Crippen LogP contribution in [0.4, 0.5) is 5.82 Å². The maximum Gasteiger partial charge on any atom is 0.244 e. The standard InChI is InChI=1S/C19H23N7O2/c1-2-15(26(7-1)13-16-20-5-6-21-16)19-23-18(24-28-19)14-3-4-22-17(12-14)25-8-10-27-11-9-25/h3-6,12,15H,1-2,7-11,13H2,(H,20,21). The molecule has 28 heavy (non-hydrogen) atoms. The van der Waals surface area contributed by atoms with Crippen molar-refractivity contribution in [3.63, 3.8) is 0 Å². The second kappa shape index (κ2) is 7.69. The van der Waals surface area contributed by atoms with Crippen LogP contribution < -0.4 is 4.90 Å². The number of hydrogen-bond acceptors (Lipinski definition) is 8. The van der Waals surface area contributed by atoms with Gasteiger partial charge in [-0.25, -0.2) is 9.97 Å². The second-order valence-electron chi connectivity index (χ2n) is 7.12. The summed E-state index contributed by atoms with van der Waals surface area (Å²) in [5.74, 6) is 3.16. The number of aromatic nitrogens is 5. The summed E-state index contributed by atoms with van der Waals surface area (Å²) in [6, 6.07) is 4.08. The Labute approximate surface area is 162 Å². The van der Waals surface area contributed by atoms with Gasteiger partial charge in [0.2, 0.25) is 11.7 Å². The molecule has 2 saturated heterocycles. The van der Waals surface area contributed by atoms with E-state index in [2.05, 4.69) is 29.9 Å². The van der Waals surface area contributed by atoms with Crippen molar-refractivity contribution < 1.29 is 9.26 Å². The van der Waals surface area contributed by atoms with Crippen molar-refractivity contribution in [3.8, 4) is 11.4 Å². The SMILES string of the molecule is c1cc(-c2noc(C3CCCN3Cc3ncc[nH]3)n2)cc(N2CCOCC2)n1. The first-order chi connectivity index (χ1) is 13.9. The maximum atomic E-state index is 5.65. The van der Waals surface area contributed by atoms with Crippen LogP contribution in [0.25, 0.3) is 11.4 Å². The molecule has 0 amide bonds. The fraction of sp³-hybridized carbons (Fsp3) is 0.474. The fourth-order valence-corrected chi connectivity index (χ4v) is 3.88. The number of nitrogens with one attached hydrogen (secondary N) is 1. The average molecular weight is 381 g/mol. The Hall–Kier alpha value is -2.78. The zero-order valence-corrected chi connectivity index (χ0v) is 15.6. The fourth-order valence-electron chi connectivity index (χ4n) is 3.88. The van der Waals surface area contributed by atoms with Gasteiger partial charge in [0, 0.05) is 37.2 Å². The lowest BCUT2D eigenvalue weighted by Crippen LogP contribution is -2.36. The first-order valence-corrected chi connectivity index (χ1v) is 9.72. The number of imidazole rings is 1. The zero-order chi connectivity index (χ0) is 18.8. The molecule has 3 aromatic heterocycles. The van der Waals surface area contributed by atoms with Crippen LogP contribution in [0.5, 0.6) is 0 Å². The van der Waals surface area contributed by atoms with E-state index in [0.717, 1.165) is 69.4 Å². The summed E-state index contributed by atoms with van der Waals surface area (Å²) in [6.07, 6.45) is 7.55. The maximum absolute atomic E-state index is 5.65. The first kappa shape index (κ1) is 17.3. The number of H-pyrrole nitrogens is 1. The molecular weight excluding hydrogens is 358 g/mol. The molecule has 3 aromatic rings. The molecule has 2 aliphatic rings. The lowest BCUT2D eigenvalue weighted by Gasteiger charge is -2.27. The highest BCUT2D eigenvalue weighted by Gasteiger charge is 2.31. The summed E-state index contributed by atoms with van der Waals surface area (Å²) < 4.78 is 11.1. The molecule has 5 heterocycles. The first-order valence-electron chi connectivity index (χ1n) is 9.72. The third kappa shape index (κ3) is 3.50. The Bertz CT molecular complexity index is 905. The van der Waals surface area contributed by atoms with E-state index in [1.165, 1.54) is 0 Å². The molecule has 146 valence electrons. The van der Waals surface area contributed by atoms with Gasteiger partial charge in [0.15, 0.2) is 0 Å². The average Bonchev–Trinajstić information content (AvgIpc) is 3.51. The summed E-state index contributed by atoms with van der Waals surface area (Å²) in [7, 11) is 0. The van der Waals surface area contributed by atoms with Gasteiger partial charge in [-0.15, -0.1) is 0 Å². The van der Waals surface area contributed by atoms with Gasteiger partial charge in [-0.2, -0.15) is 4.98 Å². The summed E-state index contributed by atoms with van der Waals surface area (Å²) >= 11 is 0. The Morgan fingerprint density at radius 1 is 1.14 bits per heavy atom. The van der Waals surface area contributed by atoms with E-state index in [0.29, 0.717) is 11.7 Å². The number of likely N-dealkylation sites (tertiary alicyclic amines) is 1. The molecule has 0 radical (unpaired) electrons. The largest absolute Gasteiger partial charge is 0.378 e. The van der Waals surface area contributed by atoms with Gasteiger partial charge in [-0.3, -0.25) is 4.90 Å². The van der Waals surface area contributed by atoms with E-state index in [-0.39, 0.29) is 6.04 Å². The molecule has 0 saturated carbocycles. The lowest BCUT2D eigenvalue weighted by molar-refractivity contribution is 0.122. The summed E-state index contributed by atoms with van der Waals surface area (Å²) in [5, 5.41) is 4.24. The lowest BCUT2D eigenvalue weighted by atomic mass is 10.2. The summed E-state index contributed by atoms with van der Waals surface area (Å²) in [6.45, 7) is 4.90. The second-order valence-corrected chi connectivity index (χ2v) is 7.12. The van der Waals surface area contributed by atoms with Crippen LogP contribution in [0.2, 0.25) is 0 Å². The highest BCUT2D eigenvalue weighted by Crippen LogP contribution is 2.33. The van der Waals surface area contributed by atoms with E-state index in [1.54, 1.807) is 12.4 Å². The Kier molecular flexibility index (Phi) is 4.76. The summed E-state index contributed by atoms with van der Waals surface area (Å²) in [5.41, 5.74) is 0.919. The summed E-state index contributed by atoms with van der Waals surface area (Å²) in [4.78, 5) is 21.2. The zero-order valence-electron chi connectivity index (χ0n) is 15.6. The highest BCUT2D eigenvalue weighted by molar-refractivity contribution is 5.59. The third-order valence-electron chi connectivity index (χ3n) is 5.34. The minimum atomic E-state index is 0.131. The van der Waals surface area contributed by atoms with Crippen LogP contribution in [0.3, 0.4) is 0 Å². The molecule has 5 rings (SSSR count). The van der Waals surface area contributed by atoms with Gasteiger partial charge in [0.25, 0.3) is 0 Å². The number of aromatic amines is 1. The van der Waals surface area contributed by atoms with Gasteiger partial charge in [0.05, 0.1) is 25.8 Å². The Balaban J connectivity index is 1.34. The monoisotopic (exact) mass is 381 g/mol. The molecule has 9 heteroatoms. The van der Waals surface area contributed by atoms with E-state index in [4.69, 9.17) is 14.2 Å². The molecule has 1 atom stereocenters. The smallest absolute Gasteiger partial charge is 0.244 e. The van der Waals surface area contributed by atoms with Crippen LogP contribution in [-0.2, 0) is 11.3 Å². The van der Waals surface area contributed by atoms with Gasteiger partial charge in [0.1, 0.15) is 11.6 Å². The Morgan fingerprint density at radius 2 is 2.07 bits per heavy atom. The quantitative estimate of drug-likeness (QED) is 0.717. The number of pyridine rings is 1. The molecule has 0 aliphatic carbocycles. The Morgan fingerprint density at radius 3 is 2.93 bits per heavy atom. The van der Waals surface area contributed by atoms with Crippen LogP contribution >= 0.6 is 0 Å². The van der Waals surface area contributed by atoms with Crippen molar-refractivity contribution in [2.75, 3.05) is 37.7 Å². The molecule has 2 aliphatic heterocycles. The van der Waals surface area contributed by atoms with Crippen LogP contribution in [-0.4, -0.2) is 62.8 Å².